The smallest absolute Gasteiger partial charge is 0.289 e. The van der Waals surface area contributed by atoms with Crippen LogP contribution in [-0.4, -0.2) is 42.6 Å². The van der Waals surface area contributed by atoms with Gasteiger partial charge in [-0.1, -0.05) is 59.1 Å². The third kappa shape index (κ3) is 4.64. The summed E-state index contributed by atoms with van der Waals surface area (Å²) >= 11 is 1.73. The molecule has 2 bridgehead atoms. The third-order valence-corrected chi connectivity index (χ3v) is 12.1. The standard InChI is InChI=1S/C30H37NO6S2/c1-5-7-9-19(6-2)17-38-24-13-12-23-26-21(24)10-8-11-22(26)27(33)31(28(23)34)37-39(35,36)18-30-15-14-20(16-25(30)32)29(30,3)4/h8,10-13,19-20H,5-7,9,14-18H2,1-4H3. The highest BCUT2D eigenvalue weighted by atomic mass is 32.2. The Bertz CT molecular complexity index is 1430. The van der Waals surface area contributed by atoms with Crippen LogP contribution in [0.3, 0.4) is 0 Å². The molecule has 1 aliphatic heterocycles. The van der Waals surface area contributed by atoms with E-state index in [4.69, 9.17) is 4.28 Å². The molecule has 3 unspecified atom stereocenters. The van der Waals surface area contributed by atoms with Crippen LogP contribution >= 0.6 is 11.8 Å². The molecule has 2 aromatic carbocycles. The van der Waals surface area contributed by atoms with Crippen LogP contribution in [0.15, 0.2) is 35.2 Å². The van der Waals surface area contributed by atoms with Crippen molar-refractivity contribution in [1.29, 1.82) is 0 Å². The number of amides is 2. The van der Waals surface area contributed by atoms with Crippen molar-refractivity contribution in [2.75, 3.05) is 11.5 Å². The maximum Gasteiger partial charge on any atom is 0.289 e. The summed E-state index contributed by atoms with van der Waals surface area (Å²) in [6, 6.07) is 8.77. The van der Waals surface area contributed by atoms with Gasteiger partial charge in [-0.3, -0.25) is 14.4 Å². The van der Waals surface area contributed by atoms with Crippen LogP contribution in [0.25, 0.3) is 10.8 Å². The molecule has 2 aliphatic carbocycles. The fraction of sp³-hybridized carbons (Fsp3) is 0.567. The van der Waals surface area contributed by atoms with Gasteiger partial charge in [0.25, 0.3) is 21.9 Å². The lowest BCUT2D eigenvalue weighted by Gasteiger charge is -2.36. The monoisotopic (exact) mass is 571 g/mol. The molecule has 2 fully saturated rings. The molecule has 0 radical (unpaired) electrons. The SMILES string of the molecule is CCCCC(CC)CSc1ccc2c3c(cccc13)C(=O)N(OS(=O)(=O)CC13CCC(CC1=O)C3(C)C)C2=O. The first-order valence-electron chi connectivity index (χ1n) is 14.0. The Hall–Kier alpha value is -2.23. The molecule has 3 atom stereocenters. The number of hydrogen-bond acceptors (Lipinski definition) is 7. The van der Waals surface area contributed by atoms with Gasteiger partial charge >= 0.3 is 0 Å². The highest BCUT2D eigenvalue weighted by Crippen LogP contribution is 2.64. The van der Waals surface area contributed by atoms with E-state index in [-0.39, 0.29) is 22.8 Å². The average Bonchev–Trinajstić information content (AvgIpc) is 3.24. The molecule has 0 saturated heterocycles. The van der Waals surface area contributed by atoms with Crippen molar-refractivity contribution in [1.82, 2.24) is 5.06 Å². The molecule has 0 spiro atoms. The van der Waals surface area contributed by atoms with E-state index in [2.05, 4.69) is 13.8 Å². The van der Waals surface area contributed by atoms with Crippen molar-refractivity contribution >= 4 is 50.3 Å². The van der Waals surface area contributed by atoms with Crippen molar-refractivity contribution < 1.29 is 27.1 Å². The summed E-state index contributed by atoms with van der Waals surface area (Å²) < 4.78 is 31.8. The molecule has 7 nitrogen and oxygen atoms in total. The topological polar surface area (TPSA) is 97.8 Å². The Balaban J connectivity index is 1.41. The van der Waals surface area contributed by atoms with E-state index in [0.29, 0.717) is 29.2 Å². The van der Waals surface area contributed by atoms with Crippen molar-refractivity contribution in [2.24, 2.45) is 22.7 Å². The highest BCUT2D eigenvalue weighted by Gasteiger charge is 2.65. The van der Waals surface area contributed by atoms with E-state index < -0.39 is 38.5 Å². The summed E-state index contributed by atoms with van der Waals surface area (Å²) in [4.78, 5) is 40.8. The minimum absolute atomic E-state index is 0.0765. The van der Waals surface area contributed by atoms with Crippen LogP contribution in [-0.2, 0) is 19.2 Å². The summed E-state index contributed by atoms with van der Waals surface area (Å²) in [7, 11) is -4.43. The van der Waals surface area contributed by atoms with Gasteiger partial charge in [-0.2, -0.15) is 8.42 Å². The number of carbonyl (C=O) groups is 3. The first kappa shape index (κ1) is 28.3. The van der Waals surface area contributed by atoms with Crippen LogP contribution in [0, 0.1) is 22.7 Å². The number of benzene rings is 2. The minimum Gasteiger partial charge on any atom is -0.299 e. The van der Waals surface area contributed by atoms with E-state index in [1.165, 1.54) is 12.8 Å². The van der Waals surface area contributed by atoms with E-state index in [1.54, 1.807) is 30.0 Å². The zero-order valence-electron chi connectivity index (χ0n) is 23.1. The second kappa shape index (κ2) is 10.3. The summed E-state index contributed by atoms with van der Waals surface area (Å²) in [5.41, 5.74) is -1.09. The highest BCUT2D eigenvalue weighted by molar-refractivity contribution is 7.99. The molecule has 3 aliphatic rings. The van der Waals surface area contributed by atoms with E-state index >= 15 is 0 Å². The lowest BCUT2D eigenvalue weighted by atomic mass is 9.70. The lowest BCUT2D eigenvalue weighted by molar-refractivity contribution is -0.128. The summed E-state index contributed by atoms with van der Waals surface area (Å²) in [6.07, 6.45) is 6.23. The zero-order chi connectivity index (χ0) is 28.2. The van der Waals surface area contributed by atoms with Crippen LogP contribution in [0.2, 0.25) is 0 Å². The number of rotatable bonds is 11. The number of fused-ring (bicyclic) bond motifs is 2. The summed E-state index contributed by atoms with van der Waals surface area (Å²) in [5.74, 6) is -0.565. The number of thioether (sulfide) groups is 1. The van der Waals surface area contributed by atoms with Crippen LogP contribution in [0.4, 0.5) is 0 Å². The molecule has 39 heavy (non-hydrogen) atoms. The van der Waals surface area contributed by atoms with Gasteiger partial charge in [-0.05, 0) is 60.1 Å². The van der Waals surface area contributed by atoms with Gasteiger partial charge < -0.3 is 0 Å². The van der Waals surface area contributed by atoms with Crippen LogP contribution in [0.1, 0.15) is 93.4 Å². The first-order chi connectivity index (χ1) is 18.5. The number of carbonyl (C=O) groups excluding carboxylic acids is 3. The van der Waals surface area contributed by atoms with E-state index in [1.807, 2.05) is 26.0 Å². The van der Waals surface area contributed by atoms with Crippen LogP contribution < -0.4 is 0 Å². The third-order valence-electron chi connectivity index (χ3n) is 9.60. The van der Waals surface area contributed by atoms with E-state index in [0.717, 1.165) is 35.3 Å². The number of unbranched alkanes of at least 4 members (excludes halogenated alkanes) is 1. The van der Waals surface area contributed by atoms with Crippen molar-refractivity contribution in [3.05, 3.63) is 41.5 Å². The van der Waals surface area contributed by atoms with Gasteiger partial charge in [0.2, 0.25) is 0 Å². The number of ketones is 1. The van der Waals surface area contributed by atoms with Gasteiger partial charge in [-0.15, -0.1) is 21.1 Å². The Labute approximate surface area is 235 Å². The predicted octanol–water partition coefficient (Wildman–Crippen LogP) is 6.40. The fourth-order valence-corrected chi connectivity index (χ4v) is 9.90. The maximum absolute atomic E-state index is 13.5. The second-order valence-corrected chi connectivity index (χ2v) is 14.5. The number of hydrogen-bond donors (Lipinski definition) is 0. The molecule has 0 aromatic heterocycles. The molecular weight excluding hydrogens is 534 g/mol. The Morgan fingerprint density at radius 1 is 1.08 bits per heavy atom. The van der Waals surface area contributed by atoms with Gasteiger partial charge in [0.15, 0.2) is 0 Å². The molecule has 2 amide bonds. The van der Waals surface area contributed by atoms with Gasteiger partial charge in [0.05, 0.1) is 22.3 Å². The van der Waals surface area contributed by atoms with Gasteiger partial charge in [0.1, 0.15) is 5.78 Å². The van der Waals surface area contributed by atoms with Crippen LogP contribution in [0.5, 0.6) is 0 Å². The van der Waals surface area contributed by atoms with Gasteiger partial charge in [-0.25, -0.2) is 0 Å². The molecular formula is C30H37NO6S2. The fourth-order valence-electron chi connectivity index (χ4n) is 6.90. The molecule has 2 saturated carbocycles. The molecule has 9 heteroatoms. The lowest BCUT2D eigenvalue weighted by Crippen LogP contribution is -2.46. The molecule has 2 aromatic rings. The normalized spacial score (nSPS) is 24.7. The van der Waals surface area contributed by atoms with Gasteiger partial charge in [0, 0.05) is 22.5 Å². The predicted molar refractivity (Wildman–Crippen MR) is 152 cm³/mol. The molecule has 5 rings (SSSR count). The molecule has 210 valence electrons. The molecule has 0 N–H and O–H groups in total. The largest absolute Gasteiger partial charge is 0.299 e. The Kier molecular flexibility index (Phi) is 7.48. The second-order valence-electron chi connectivity index (χ2n) is 11.9. The Morgan fingerprint density at radius 3 is 2.41 bits per heavy atom. The van der Waals surface area contributed by atoms with E-state index in [9.17, 15) is 22.8 Å². The number of imide groups is 1. The number of hydroxylamine groups is 2. The Morgan fingerprint density at radius 2 is 1.79 bits per heavy atom. The van der Waals surface area contributed by atoms with Crippen molar-refractivity contribution in [2.45, 2.75) is 77.5 Å². The quantitative estimate of drug-likeness (QED) is 0.227. The summed E-state index contributed by atoms with van der Waals surface area (Å²) in [6.45, 7) is 8.26. The van der Waals surface area contributed by atoms with Crippen molar-refractivity contribution in [3.63, 3.8) is 0 Å². The van der Waals surface area contributed by atoms with Crippen molar-refractivity contribution in [3.8, 4) is 0 Å². The summed E-state index contributed by atoms with van der Waals surface area (Å²) in [5, 5.41) is 1.70. The molecule has 1 heterocycles. The first-order valence-corrected chi connectivity index (χ1v) is 16.5. The number of nitrogens with zero attached hydrogens (tertiary/aromatic N) is 1. The average molecular weight is 572 g/mol. The maximum atomic E-state index is 13.5. The number of Topliss-reactive ketones (excluding diaryl/α,β-unsaturated/α-hetero) is 1. The minimum atomic E-state index is -4.43. The zero-order valence-corrected chi connectivity index (χ0v) is 24.8.